The van der Waals surface area contributed by atoms with Crippen LogP contribution in [0.5, 0.6) is 11.6 Å². The first kappa shape index (κ1) is 15.8. The van der Waals surface area contributed by atoms with E-state index in [0.29, 0.717) is 30.1 Å². The lowest BCUT2D eigenvalue weighted by Crippen LogP contribution is -1.99. The van der Waals surface area contributed by atoms with Gasteiger partial charge in [0.05, 0.1) is 18.0 Å². The van der Waals surface area contributed by atoms with Crippen LogP contribution in [0.2, 0.25) is 0 Å². The van der Waals surface area contributed by atoms with Crippen LogP contribution in [0.3, 0.4) is 0 Å². The molecule has 4 aromatic rings. The number of aryl methyl sites for hydroxylation is 1. The smallest absolute Gasteiger partial charge is 0.316 e. The van der Waals surface area contributed by atoms with E-state index in [9.17, 15) is 0 Å². The monoisotopic (exact) mass is 349 g/mol. The van der Waals surface area contributed by atoms with Gasteiger partial charge in [-0.2, -0.15) is 0 Å². The number of benzene rings is 1. The fourth-order valence-corrected chi connectivity index (χ4v) is 2.32. The predicted octanol–water partition coefficient (Wildman–Crippen LogP) is 3.83. The number of aromatic nitrogens is 4. The molecule has 3 aromatic heterocycles. The molecule has 0 spiro atoms. The van der Waals surface area contributed by atoms with Crippen molar-refractivity contribution in [1.82, 2.24) is 20.2 Å². The number of furan rings is 1. The van der Waals surface area contributed by atoms with Crippen LogP contribution < -0.4 is 10.1 Å². The normalized spacial score (nSPS) is 10.7. The summed E-state index contributed by atoms with van der Waals surface area (Å²) >= 11 is 0. The Bertz CT molecular complexity index is 980. The van der Waals surface area contributed by atoms with Crippen molar-refractivity contribution in [2.45, 2.75) is 13.5 Å². The van der Waals surface area contributed by atoms with E-state index in [4.69, 9.17) is 13.6 Å². The van der Waals surface area contributed by atoms with Crippen molar-refractivity contribution >= 4 is 6.01 Å². The van der Waals surface area contributed by atoms with E-state index < -0.39 is 0 Å². The number of ether oxygens (including phenoxy) is 1. The first-order valence-corrected chi connectivity index (χ1v) is 7.92. The summed E-state index contributed by atoms with van der Waals surface area (Å²) in [7, 11) is 0. The molecule has 0 bridgehead atoms. The largest absolute Gasteiger partial charge is 0.469 e. The summed E-state index contributed by atoms with van der Waals surface area (Å²) in [6.07, 6.45) is 6.33. The lowest BCUT2D eigenvalue weighted by Gasteiger charge is -2.05. The van der Waals surface area contributed by atoms with Crippen molar-refractivity contribution in [3.63, 3.8) is 0 Å². The zero-order valence-corrected chi connectivity index (χ0v) is 13.9. The van der Waals surface area contributed by atoms with Crippen molar-refractivity contribution in [2.24, 2.45) is 0 Å². The van der Waals surface area contributed by atoms with E-state index >= 15 is 0 Å². The van der Waals surface area contributed by atoms with E-state index in [1.54, 1.807) is 30.9 Å². The summed E-state index contributed by atoms with van der Waals surface area (Å²) in [5, 5.41) is 11.1. The first-order chi connectivity index (χ1) is 12.8. The Morgan fingerprint density at radius 2 is 1.96 bits per heavy atom. The predicted molar refractivity (Wildman–Crippen MR) is 92.6 cm³/mol. The fourth-order valence-electron chi connectivity index (χ4n) is 2.32. The average molecular weight is 349 g/mol. The molecule has 26 heavy (non-hydrogen) atoms. The van der Waals surface area contributed by atoms with Crippen LogP contribution in [-0.4, -0.2) is 20.2 Å². The van der Waals surface area contributed by atoms with Crippen molar-refractivity contribution in [3.05, 3.63) is 66.5 Å². The summed E-state index contributed by atoms with van der Waals surface area (Å²) in [4.78, 5) is 8.03. The summed E-state index contributed by atoms with van der Waals surface area (Å²) in [5.41, 5.74) is 1.83. The third kappa shape index (κ3) is 3.54. The molecule has 0 radical (unpaired) electrons. The van der Waals surface area contributed by atoms with Crippen molar-refractivity contribution in [3.8, 4) is 23.1 Å². The van der Waals surface area contributed by atoms with E-state index in [1.165, 1.54) is 0 Å². The Morgan fingerprint density at radius 1 is 1.08 bits per heavy atom. The van der Waals surface area contributed by atoms with Gasteiger partial charge in [0.15, 0.2) is 0 Å². The molecule has 4 rings (SSSR count). The minimum atomic E-state index is 0.348. The number of hydrogen-bond acceptors (Lipinski definition) is 8. The SMILES string of the molecule is Cc1occc1-c1nnc(NCc2ccc(Oc3cnccn3)cc2)o1. The minimum absolute atomic E-state index is 0.348. The highest BCUT2D eigenvalue weighted by molar-refractivity contribution is 5.55. The van der Waals surface area contributed by atoms with Gasteiger partial charge in [0, 0.05) is 18.9 Å². The molecule has 0 aliphatic rings. The molecule has 0 amide bonds. The molecule has 0 saturated heterocycles. The Labute approximate surface area is 148 Å². The van der Waals surface area contributed by atoms with Gasteiger partial charge in [-0.15, -0.1) is 5.10 Å². The van der Waals surface area contributed by atoms with Gasteiger partial charge in [0.25, 0.3) is 5.89 Å². The molecule has 0 aliphatic heterocycles. The van der Waals surface area contributed by atoms with Crippen LogP contribution >= 0.6 is 0 Å². The fraction of sp³-hybridized carbons (Fsp3) is 0.111. The number of nitrogens with one attached hydrogen (secondary N) is 1. The van der Waals surface area contributed by atoms with Gasteiger partial charge in [-0.05, 0) is 30.7 Å². The molecule has 1 aromatic carbocycles. The van der Waals surface area contributed by atoms with Gasteiger partial charge in [0.2, 0.25) is 5.88 Å². The maximum absolute atomic E-state index is 5.61. The van der Waals surface area contributed by atoms with Gasteiger partial charge >= 0.3 is 6.01 Å². The number of anilines is 1. The van der Waals surface area contributed by atoms with Crippen molar-refractivity contribution < 1.29 is 13.6 Å². The van der Waals surface area contributed by atoms with Crippen LogP contribution in [-0.2, 0) is 6.54 Å². The minimum Gasteiger partial charge on any atom is -0.469 e. The zero-order valence-electron chi connectivity index (χ0n) is 13.9. The van der Waals surface area contributed by atoms with Gasteiger partial charge in [-0.25, -0.2) is 4.98 Å². The van der Waals surface area contributed by atoms with Crippen LogP contribution in [0.1, 0.15) is 11.3 Å². The van der Waals surface area contributed by atoms with Gasteiger partial charge < -0.3 is 18.9 Å². The number of nitrogens with zero attached hydrogens (tertiary/aromatic N) is 4. The number of rotatable bonds is 6. The summed E-state index contributed by atoms with van der Waals surface area (Å²) in [6, 6.07) is 9.74. The quantitative estimate of drug-likeness (QED) is 0.560. The third-order valence-corrected chi connectivity index (χ3v) is 3.64. The zero-order chi connectivity index (χ0) is 17.8. The van der Waals surface area contributed by atoms with Gasteiger partial charge in [0.1, 0.15) is 11.5 Å². The molecule has 3 heterocycles. The molecular formula is C18H15N5O3. The molecule has 0 saturated carbocycles. The highest BCUT2D eigenvalue weighted by Gasteiger charge is 2.12. The molecule has 8 nitrogen and oxygen atoms in total. The van der Waals surface area contributed by atoms with E-state index in [-0.39, 0.29) is 0 Å². The van der Waals surface area contributed by atoms with Crippen LogP contribution in [0, 0.1) is 6.92 Å². The molecule has 0 atom stereocenters. The second-order valence-electron chi connectivity index (χ2n) is 5.45. The Morgan fingerprint density at radius 3 is 2.69 bits per heavy atom. The lowest BCUT2D eigenvalue weighted by molar-refractivity contribution is 0.460. The van der Waals surface area contributed by atoms with E-state index in [0.717, 1.165) is 16.9 Å². The van der Waals surface area contributed by atoms with Gasteiger partial charge in [-0.3, -0.25) is 4.98 Å². The molecule has 8 heteroatoms. The van der Waals surface area contributed by atoms with Crippen LogP contribution in [0.15, 0.2) is 64.0 Å². The molecular weight excluding hydrogens is 334 g/mol. The average Bonchev–Trinajstić information content (AvgIpc) is 3.30. The first-order valence-electron chi connectivity index (χ1n) is 7.92. The number of hydrogen-bond donors (Lipinski definition) is 1. The van der Waals surface area contributed by atoms with Crippen molar-refractivity contribution in [1.29, 1.82) is 0 Å². The molecule has 1 N–H and O–H groups in total. The summed E-state index contributed by atoms with van der Waals surface area (Å²) in [6.45, 7) is 2.38. The standard InChI is InChI=1S/C18H15N5O3/c1-12-15(6-9-24-12)17-22-23-18(26-17)21-10-13-2-4-14(5-3-13)25-16-11-19-7-8-20-16/h2-9,11H,10H2,1H3,(H,21,23). The highest BCUT2D eigenvalue weighted by atomic mass is 16.5. The molecule has 0 fully saturated rings. The third-order valence-electron chi connectivity index (χ3n) is 3.64. The lowest BCUT2D eigenvalue weighted by atomic mass is 10.2. The Hall–Kier alpha value is -3.68. The van der Waals surface area contributed by atoms with Crippen LogP contribution in [0.25, 0.3) is 11.5 Å². The van der Waals surface area contributed by atoms with E-state index in [2.05, 4.69) is 25.5 Å². The summed E-state index contributed by atoms with van der Waals surface area (Å²) < 4.78 is 16.5. The van der Waals surface area contributed by atoms with Gasteiger partial charge in [-0.1, -0.05) is 17.2 Å². The van der Waals surface area contributed by atoms with E-state index in [1.807, 2.05) is 31.2 Å². The second kappa shape index (κ2) is 7.06. The summed E-state index contributed by atoms with van der Waals surface area (Å²) in [5.74, 6) is 2.29. The Balaban J connectivity index is 1.36. The maximum Gasteiger partial charge on any atom is 0.316 e. The molecule has 0 aliphatic carbocycles. The molecule has 0 unspecified atom stereocenters. The Kier molecular flexibility index (Phi) is 4.29. The van der Waals surface area contributed by atoms with Crippen LogP contribution in [0.4, 0.5) is 6.01 Å². The second-order valence-corrected chi connectivity index (χ2v) is 5.45. The molecule has 130 valence electrons. The highest BCUT2D eigenvalue weighted by Crippen LogP contribution is 2.24. The maximum atomic E-state index is 5.61. The van der Waals surface area contributed by atoms with Crippen molar-refractivity contribution in [2.75, 3.05) is 5.32 Å². The topological polar surface area (TPSA) is 99.1 Å².